The number of fused-ring (bicyclic) bond motifs is 2. The summed E-state index contributed by atoms with van der Waals surface area (Å²) in [5.74, 6) is 0.104. The molecule has 6 heteroatoms. The van der Waals surface area contributed by atoms with Crippen molar-refractivity contribution < 1.29 is 19.1 Å². The summed E-state index contributed by atoms with van der Waals surface area (Å²) >= 11 is 0. The van der Waals surface area contributed by atoms with Crippen molar-refractivity contribution in [3.05, 3.63) is 53.2 Å². The van der Waals surface area contributed by atoms with Crippen LogP contribution in [0.1, 0.15) is 41.4 Å². The smallest absolute Gasteiger partial charge is 0.355 e. The number of aromatic carboxylic acids is 1. The van der Waals surface area contributed by atoms with Crippen LogP contribution in [0.2, 0.25) is 0 Å². The number of carboxylic acid groups (broad SMARTS) is 1. The summed E-state index contributed by atoms with van der Waals surface area (Å²) in [6.45, 7) is 6.40. The highest BCUT2D eigenvalue weighted by Crippen LogP contribution is 2.35. The SMILES string of the molecule is CCCCOc1ccc(C)c2nc(-c3oc4ccccc4c3C)nc(C(=O)O)c12. The van der Waals surface area contributed by atoms with E-state index in [0.717, 1.165) is 29.4 Å². The molecule has 4 rings (SSSR count). The van der Waals surface area contributed by atoms with Crippen LogP contribution in [0.4, 0.5) is 0 Å². The molecule has 0 atom stereocenters. The maximum Gasteiger partial charge on any atom is 0.355 e. The summed E-state index contributed by atoms with van der Waals surface area (Å²) in [7, 11) is 0. The highest BCUT2D eigenvalue weighted by atomic mass is 16.5. The molecule has 2 aromatic carbocycles. The van der Waals surface area contributed by atoms with Crippen molar-refractivity contribution >= 4 is 27.8 Å². The minimum Gasteiger partial charge on any atom is -0.493 e. The van der Waals surface area contributed by atoms with E-state index in [1.165, 1.54) is 0 Å². The predicted octanol–water partition coefficient (Wildman–Crippen LogP) is 5.54. The van der Waals surface area contributed by atoms with E-state index in [4.69, 9.17) is 9.15 Å². The van der Waals surface area contributed by atoms with Gasteiger partial charge in [-0.05, 0) is 38.0 Å². The number of unbranched alkanes of at least 4 members (excludes halogenated alkanes) is 1. The van der Waals surface area contributed by atoms with Gasteiger partial charge in [-0.2, -0.15) is 0 Å². The standard InChI is InChI=1S/C23H22N2O4/c1-4-5-12-28-17-11-10-13(2)19-18(17)20(23(26)27)25-22(24-19)21-14(3)15-8-6-7-9-16(15)29-21/h6-11H,4-5,12H2,1-3H3,(H,26,27). The lowest BCUT2D eigenvalue weighted by molar-refractivity contribution is 0.0692. The number of aryl methyl sites for hydroxylation is 2. The van der Waals surface area contributed by atoms with Crippen LogP contribution in [0.15, 0.2) is 40.8 Å². The zero-order valence-electron chi connectivity index (χ0n) is 16.7. The molecular weight excluding hydrogens is 368 g/mol. The number of rotatable bonds is 6. The van der Waals surface area contributed by atoms with Crippen molar-refractivity contribution in [3.63, 3.8) is 0 Å². The van der Waals surface area contributed by atoms with Crippen LogP contribution in [-0.4, -0.2) is 27.7 Å². The normalized spacial score (nSPS) is 11.3. The van der Waals surface area contributed by atoms with E-state index < -0.39 is 5.97 Å². The fourth-order valence-electron chi connectivity index (χ4n) is 3.43. The molecule has 0 aliphatic heterocycles. The molecule has 0 saturated carbocycles. The molecule has 1 N–H and O–H groups in total. The Balaban J connectivity index is 1.96. The number of aromatic nitrogens is 2. The third kappa shape index (κ3) is 3.31. The van der Waals surface area contributed by atoms with Crippen molar-refractivity contribution in [3.8, 4) is 17.3 Å². The van der Waals surface area contributed by atoms with Gasteiger partial charge in [0.25, 0.3) is 0 Å². The van der Waals surface area contributed by atoms with Gasteiger partial charge in [-0.15, -0.1) is 0 Å². The maximum atomic E-state index is 12.1. The Hall–Kier alpha value is -3.41. The molecule has 0 fully saturated rings. The van der Waals surface area contributed by atoms with Crippen LogP contribution in [0, 0.1) is 13.8 Å². The molecule has 4 aromatic rings. The Morgan fingerprint density at radius 3 is 2.66 bits per heavy atom. The highest BCUT2D eigenvalue weighted by Gasteiger charge is 2.23. The predicted molar refractivity (Wildman–Crippen MR) is 112 cm³/mol. The molecule has 0 bridgehead atoms. The Kier molecular flexibility index (Phi) is 4.92. The number of hydrogen-bond acceptors (Lipinski definition) is 5. The van der Waals surface area contributed by atoms with E-state index in [1.54, 1.807) is 6.07 Å². The van der Waals surface area contributed by atoms with Gasteiger partial charge in [-0.1, -0.05) is 37.6 Å². The van der Waals surface area contributed by atoms with E-state index in [2.05, 4.69) is 16.9 Å². The number of benzene rings is 2. The van der Waals surface area contributed by atoms with Crippen LogP contribution in [0.5, 0.6) is 5.75 Å². The molecule has 2 aromatic heterocycles. The first-order valence-electron chi connectivity index (χ1n) is 9.67. The average Bonchev–Trinajstić information content (AvgIpc) is 3.06. The molecule has 29 heavy (non-hydrogen) atoms. The van der Waals surface area contributed by atoms with Crippen molar-refractivity contribution in [2.75, 3.05) is 6.61 Å². The molecule has 6 nitrogen and oxygen atoms in total. The number of carbonyl (C=O) groups is 1. The second kappa shape index (κ2) is 7.54. The Labute approximate surface area is 168 Å². The van der Waals surface area contributed by atoms with Crippen LogP contribution in [0.25, 0.3) is 33.5 Å². The molecule has 148 valence electrons. The number of carboxylic acids is 1. The molecule has 0 aliphatic rings. The van der Waals surface area contributed by atoms with Gasteiger partial charge >= 0.3 is 5.97 Å². The highest BCUT2D eigenvalue weighted by molar-refractivity contribution is 6.05. The van der Waals surface area contributed by atoms with Gasteiger partial charge in [0.1, 0.15) is 11.3 Å². The summed E-state index contributed by atoms with van der Waals surface area (Å²) in [4.78, 5) is 21.1. The minimum atomic E-state index is -1.13. The minimum absolute atomic E-state index is 0.0833. The van der Waals surface area contributed by atoms with Crippen molar-refractivity contribution in [1.82, 2.24) is 9.97 Å². The number of para-hydroxylation sites is 1. The van der Waals surface area contributed by atoms with Crippen molar-refractivity contribution in [2.24, 2.45) is 0 Å². The van der Waals surface area contributed by atoms with E-state index in [1.807, 2.05) is 44.2 Å². The van der Waals surface area contributed by atoms with Gasteiger partial charge in [0, 0.05) is 10.9 Å². The Bertz CT molecular complexity index is 1230. The van der Waals surface area contributed by atoms with Crippen LogP contribution in [0.3, 0.4) is 0 Å². The van der Waals surface area contributed by atoms with Crippen molar-refractivity contribution in [1.29, 1.82) is 0 Å². The largest absolute Gasteiger partial charge is 0.493 e. The zero-order chi connectivity index (χ0) is 20.5. The Morgan fingerprint density at radius 2 is 1.93 bits per heavy atom. The summed E-state index contributed by atoms with van der Waals surface area (Å²) < 4.78 is 11.8. The number of nitrogens with zero attached hydrogens (tertiary/aromatic N) is 2. The fraction of sp³-hybridized carbons (Fsp3) is 0.261. The lowest BCUT2D eigenvalue weighted by Gasteiger charge is -2.13. The second-order valence-corrected chi connectivity index (χ2v) is 7.06. The van der Waals surface area contributed by atoms with E-state index in [-0.39, 0.29) is 11.5 Å². The first-order valence-corrected chi connectivity index (χ1v) is 9.67. The maximum absolute atomic E-state index is 12.1. The van der Waals surface area contributed by atoms with Crippen LogP contribution in [-0.2, 0) is 0 Å². The molecular formula is C23H22N2O4. The van der Waals surface area contributed by atoms with Gasteiger partial charge in [0.05, 0.1) is 17.5 Å². The quantitative estimate of drug-likeness (QED) is 0.435. The van der Waals surface area contributed by atoms with Crippen LogP contribution >= 0.6 is 0 Å². The third-order valence-electron chi connectivity index (χ3n) is 5.02. The van der Waals surface area contributed by atoms with Gasteiger partial charge in [-0.25, -0.2) is 14.8 Å². The average molecular weight is 390 g/mol. The molecule has 0 radical (unpaired) electrons. The molecule has 0 unspecified atom stereocenters. The first-order chi connectivity index (χ1) is 14.0. The van der Waals surface area contributed by atoms with Gasteiger partial charge < -0.3 is 14.3 Å². The molecule has 0 spiro atoms. The molecule has 2 heterocycles. The second-order valence-electron chi connectivity index (χ2n) is 7.06. The summed E-state index contributed by atoms with van der Waals surface area (Å²) in [5.41, 5.74) is 2.92. The van der Waals surface area contributed by atoms with Crippen LogP contribution < -0.4 is 4.74 Å². The zero-order valence-corrected chi connectivity index (χ0v) is 16.7. The summed E-state index contributed by atoms with van der Waals surface area (Å²) in [6.07, 6.45) is 1.87. The molecule has 0 amide bonds. The summed E-state index contributed by atoms with van der Waals surface area (Å²) in [6, 6.07) is 11.3. The van der Waals surface area contributed by atoms with E-state index in [9.17, 15) is 9.90 Å². The number of ether oxygens (including phenoxy) is 1. The summed E-state index contributed by atoms with van der Waals surface area (Å²) in [5, 5.41) is 11.3. The topological polar surface area (TPSA) is 85.5 Å². The lowest BCUT2D eigenvalue weighted by Crippen LogP contribution is -2.08. The first kappa shape index (κ1) is 18.9. The number of furan rings is 1. The van der Waals surface area contributed by atoms with E-state index in [0.29, 0.717) is 34.6 Å². The van der Waals surface area contributed by atoms with E-state index >= 15 is 0 Å². The Morgan fingerprint density at radius 1 is 1.14 bits per heavy atom. The molecule has 0 saturated heterocycles. The van der Waals surface area contributed by atoms with Gasteiger partial charge in [0.15, 0.2) is 17.3 Å². The van der Waals surface area contributed by atoms with Crippen molar-refractivity contribution in [2.45, 2.75) is 33.6 Å². The molecule has 0 aliphatic carbocycles. The van der Waals surface area contributed by atoms with Gasteiger partial charge in [-0.3, -0.25) is 0 Å². The monoisotopic (exact) mass is 390 g/mol. The third-order valence-corrected chi connectivity index (χ3v) is 5.02. The number of hydrogen-bond donors (Lipinski definition) is 1. The van der Waals surface area contributed by atoms with Gasteiger partial charge in [0.2, 0.25) is 0 Å². The fourth-order valence-corrected chi connectivity index (χ4v) is 3.43. The lowest BCUT2D eigenvalue weighted by atomic mass is 10.1.